The molecule has 0 aromatic heterocycles. The van der Waals surface area contributed by atoms with E-state index in [1.165, 1.54) is 25.3 Å². The van der Waals surface area contributed by atoms with Gasteiger partial charge in [0.1, 0.15) is 5.92 Å². The van der Waals surface area contributed by atoms with Crippen LogP contribution in [-0.2, 0) is 24.8 Å². The van der Waals surface area contributed by atoms with E-state index in [9.17, 15) is 19.7 Å². The summed E-state index contributed by atoms with van der Waals surface area (Å²) >= 11 is 0. The van der Waals surface area contributed by atoms with Crippen molar-refractivity contribution in [2.45, 2.75) is 17.2 Å². The molecule has 2 aliphatic heterocycles. The highest BCUT2D eigenvalue weighted by Crippen LogP contribution is 2.63. The van der Waals surface area contributed by atoms with Crippen molar-refractivity contribution in [1.82, 2.24) is 5.32 Å². The van der Waals surface area contributed by atoms with E-state index in [2.05, 4.69) is 5.32 Å². The number of nitrogens with zero attached hydrogens (tertiary/aromatic N) is 1. The number of nitro benzene ring substituents is 1. The summed E-state index contributed by atoms with van der Waals surface area (Å²) in [6, 6.07) is 14.5. The highest BCUT2D eigenvalue weighted by molar-refractivity contribution is 6.01. The van der Waals surface area contributed by atoms with Crippen LogP contribution in [0.15, 0.2) is 54.6 Å². The van der Waals surface area contributed by atoms with Gasteiger partial charge in [-0.2, -0.15) is 0 Å². The van der Waals surface area contributed by atoms with Crippen molar-refractivity contribution in [2.24, 2.45) is 0 Å². The average Bonchev–Trinajstić information content (AvgIpc) is 3.24. The van der Waals surface area contributed by atoms with Crippen LogP contribution < -0.4 is 5.32 Å². The van der Waals surface area contributed by atoms with Crippen molar-refractivity contribution in [2.75, 3.05) is 7.11 Å². The molecule has 0 bridgehead atoms. The van der Waals surface area contributed by atoms with Gasteiger partial charge in [0, 0.05) is 6.07 Å². The maximum Gasteiger partial charge on any atom is 0.333 e. The van der Waals surface area contributed by atoms with Gasteiger partial charge in [-0.05, 0) is 11.6 Å². The van der Waals surface area contributed by atoms with Crippen LogP contribution in [0.2, 0.25) is 0 Å². The summed E-state index contributed by atoms with van der Waals surface area (Å²) in [5.41, 5.74) is -2.74. The van der Waals surface area contributed by atoms with Crippen LogP contribution in [-0.4, -0.2) is 29.5 Å². The van der Waals surface area contributed by atoms with E-state index < -0.39 is 34.0 Å². The zero-order valence-corrected chi connectivity index (χ0v) is 13.7. The minimum atomic E-state index is -1.62. The van der Waals surface area contributed by atoms with Gasteiger partial charge in [-0.3, -0.25) is 20.2 Å². The number of carbonyl (C=O) groups excluding carboxylic acids is 2. The van der Waals surface area contributed by atoms with E-state index in [4.69, 9.17) is 9.47 Å². The van der Waals surface area contributed by atoms with Crippen LogP contribution in [0.4, 0.5) is 5.69 Å². The van der Waals surface area contributed by atoms with Gasteiger partial charge in [0.15, 0.2) is 5.54 Å². The van der Waals surface area contributed by atoms with Crippen LogP contribution in [0.25, 0.3) is 0 Å². The summed E-state index contributed by atoms with van der Waals surface area (Å²) < 4.78 is 10.5. The molecule has 8 nitrogen and oxygen atoms in total. The predicted molar refractivity (Wildman–Crippen MR) is 87.9 cm³/mol. The molecule has 2 aromatic carbocycles. The minimum absolute atomic E-state index is 0.113. The maximum atomic E-state index is 12.7. The van der Waals surface area contributed by atoms with E-state index in [0.29, 0.717) is 5.56 Å². The molecule has 0 amide bonds. The molecule has 2 heterocycles. The number of benzene rings is 2. The molecule has 132 valence electrons. The number of hydrogen-bond donors (Lipinski definition) is 1. The standard InChI is InChI=1S/C18H14N2O6/c1-25-16(22)17-14(11-7-3-2-4-8-11)15(21)26-18(17,19-17)12-9-5-6-10-13(12)20(23)24/h2-10,14,19H,1H3/t14-,17+,18+/m1/s1. The van der Waals surface area contributed by atoms with Gasteiger partial charge >= 0.3 is 11.9 Å². The molecule has 0 unspecified atom stereocenters. The Balaban J connectivity index is 1.91. The monoisotopic (exact) mass is 354 g/mol. The Kier molecular flexibility index (Phi) is 3.35. The maximum absolute atomic E-state index is 12.7. The first-order valence-corrected chi connectivity index (χ1v) is 7.87. The lowest BCUT2D eigenvalue weighted by Gasteiger charge is -2.16. The summed E-state index contributed by atoms with van der Waals surface area (Å²) in [4.78, 5) is 36.2. The summed E-state index contributed by atoms with van der Waals surface area (Å²) in [5, 5.41) is 14.4. The predicted octanol–water partition coefficient (Wildman–Crippen LogP) is 1.60. The second-order valence-corrected chi connectivity index (χ2v) is 6.14. The first-order chi connectivity index (χ1) is 12.5. The molecule has 0 spiro atoms. The third-order valence-electron chi connectivity index (χ3n) is 4.91. The van der Waals surface area contributed by atoms with Crippen molar-refractivity contribution in [3.8, 4) is 0 Å². The molecule has 0 aliphatic carbocycles. The minimum Gasteiger partial charge on any atom is -0.467 e. The fourth-order valence-electron chi connectivity index (χ4n) is 3.78. The number of nitro groups is 1. The van der Waals surface area contributed by atoms with E-state index in [1.807, 2.05) is 0 Å². The molecule has 8 heteroatoms. The van der Waals surface area contributed by atoms with Gasteiger partial charge in [0.05, 0.1) is 17.6 Å². The average molecular weight is 354 g/mol. The van der Waals surface area contributed by atoms with Crippen LogP contribution in [0.5, 0.6) is 0 Å². The van der Waals surface area contributed by atoms with E-state index in [-0.39, 0.29) is 11.3 Å². The van der Waals surface area contributed by atoms with Crippen molar-refractivity contribution >= 4 is 17.6 Å². The number of esters is 2. The van der Waals surface area contributed by atoms with E-state index in [0.717, 1.165) is 0 Å². The van der Waals surface area contributed by atoms with Crippen molar-refractivity contribution in [3.05, 3.63) is 75.8 Å². The Labute approximate surface area is 147 Å². The lowest BCUT2D eigenvalue weighted by molar-refractivity contribution is -0.386. The van der Waals surface area contributed by atoms with Gasteiger partial charge in [-0.25, -0.2) is 4.79 Å². The van der Waals surface area contributed by atoms with Crippen LogP contribution in [0.1, 0.15) is 17.0 Å². The molecule has 2 saturated heterocycles. The lowest BCUT2D eigenvalue weighted by atomic mass is 9.82. The van der Waals surface area contributed by atoms with Crippen molar-refractivity contribution in [1.29, 1.82) is 0 Å². The molecule has 3 atom stereocenters. The zero-order valence-electron chi connectivity index (χ0n) is 13.7. The molecule has 0 radical (unpaired) electrons. The molecule has 2 aromatic rings. The first kappa shape index (κ1) is 16.2. The Bertz CT molecular complexity index is 930. The van der Waals surface area contributed by atoms with E-state index in [1.54, 1.807) is 36.4 Å². The van der Waals surface area contributed by atoms with Gasteiger partial charge < -0.3 is 9.47 Å². The fraction of sp³-hybridized carbons (Fsp3) is 0.222. The SMILES string of the molecule is COC(=O)[C@]12N[C@@]1(c1ccccc1[N+](=O)[O-])OC(=O)[C@H]2c1ccccc1. The number of hydrogen-bond acceptors (Lipinski definition) is 7. The van der Waals surface area contributed by atoms with Crippen molar-refractivity contribution in [3.63, 3.8) is 0 Å². The normalized spacial score (nSPS) is 28.8. The smallest absolute Gasteiger partial charge is 0.333 e. The molecule has 0 saturated carbocycles. The largest absolute Gasteiger partial charge is 0.467 e. The second-order valence-electron chi connectivity index (χ2n) is 6.14. The molecule has 26 heavy (non-hydrogen) atoms. The Morgan fingerprint density at radius 2 is 1.85 bits per heavy atom. The number of carbonyl (C=O) groups is 2. The fourth-order valence-corrected chi connectivity index (χ4v) is 3.78. The molecule has 2 fully saturated rings. The number of para-hydroxylation sites is 1. The highest BCUT2D eigenvalue weighted by atomic mass is 16.6. The zero-order chi connectivity index (χ0) is 18.5. The molecule has 4 rings (SSSR count). The first-order valence-electron chi connectivity index (χ1n) is 7.87. The van der Waals surface area contributed by atoms with Gasteiger partial charge in [0.25, 0.3) is 5.69 Å². The van der Waals surface area contributed by atoms with E-state index >= 15 is 0 Å². The summed E-state index contributed by atoms with van der Waals surface area (Å²) in [5.74, 6) is -2.33. The second kappa shape index (κ2) is 5.37. The Hall–Kier alpha value is -3.26. The molecule has 1 N–H and O–H groups in total. The number of ether oxygens (including phenoxy) is 2. The topological polar surface area (TPSA) is 118 Å². The van der Waals surface area contributed by atoms with Crippen LogP contribution in [0.3, 0.4) is 0 Å². The lowest BCUT2D eigenvalue weighted by Crippen LogP contribution is -2.38. The highest BCUT2D eigenvalue weighted by Gasteiger charge is 2.87. The number of nitrogens with one attached hydrogen (secondary N) is 1. The summed E-state index contributed by atoms with van der Waals surface area (Å²) in [7, 11) is 1.20. The Morgan fingerprint density at radius 3 is 2.50 bits per heavy atom. The number of methoxy groups -OCH3 is 1. The van der Waals surface area contributed by atoms with Crippen LogP contribution >= 0.6 is 0 Å². The number of fused-ring (bicyclic) bond motifs is 1. The summed E-state index contributed by atoms with van der Waals surface area (Å²) in [6.45, 7) is 0. The molecular weight excluding hydrogens is 340 g/mol. The molecular formula is C18H14N2O6. The third-order valence-corrected chi connectivity index (χ3v) is 4.91. The quantitative estimate of drug-likeness (QED) is 0.383. The summed E-state index contributed by atoms with van der Waals surface area (Å²) in [6.07, 6.45) is 0. The Morgan fingerprint density at radius 1 is 1.19 bits per heavy atom. The van der Waals surface area contributed by atoms with Gasteiger partial charge in [-0.15, -0.1) is 0 Å². The van der Waals surface area contributed by atoms with Crippen molar-refractivity contribution < 1.29 is 24.0 Å². The molecule has 2 aliphatic rings. The van der Waals surface area contributed by atoms with Gasteiger partial charge in [0.2, 0.25) is 5.72 Å². The third kappa shape index (κ3) is 1.87. The van der Waals surface area contributed by atoms with Gasteiger partial charge in [-0.1, -0.05) is 42.5 Å². The number of rotatable bonds is 4. The van der Waals surface area contributed by atoms with Crippen LogP contribution in [0, 0.1) is 10.1 Å².